The fraction of sp³-hybridized carbons (Fsp3) is 0.222. The van der Waals surface area contributed by atoms with Gasteiger partial charge in [0, 0.05) is 24.7 Å². The summed E-state index contributed by atoms with van der Waals surface area (Å²) >= 11 is 0. The van der Waals surface area contributed by atoms with Crippen LogP contribution in [0, 0.1) is 0 Å². The molecule has 8 nitrogen and oxygen atoms in total. The Morgan fingerprint density at radius 2 is 1.88 bits per heavy atom. The molecule has 0 fully saturated rings. The molecular weight excluding hydrogens is 334 g/mol. The number of nitrogens with zero attached hydrogens (tertiary/aromatic N) is 5. The van der Waals surface area contributed by atoms with Crippen molar-refractivity contribution in [1.29, 1.82) is 0 Å². The van der Waals surface area contributed by atoms with Crippen molar-refractivity contribution in [3.63, 3.8) is 0 Å². The minimum atomic E-state index is -0.0989. The summed E-state index contributed by atoms with van der Waals surface area (Å²) in [6.45, 7) is 0.397. The van der Waals surface area contributed by atoms with Gasteiger partial charge in [0.15, 0.2) is 0 Å². The molecule has 0 aliphatic heterocycles. The summed E-state index contributed by atoms with van der Waals surface area (Å²) in [4.78, 5) is 14.3. The van der Waals surface area contributed by atoms with E-state index < -0.39 is 0 Å². The maximum Gasteiger partial charge on any atom is 0.253 e. The fourth-order valence-electron chi connectivity index (χ4n) is 2.59. The first-order valence-electron chi connectivity index (χ1n) is 7.92. The van der Waals surface area contributed by atoms with E-state index in [4.69, 9.17) is 9.47 Å². The Bertz CT molecular complexity index is 878. The number of carbonyl (C=O) groups is 1. The van der Waals surface area contributed by atoms with Crippen LogP contribution >= 0.6 is 0 Å². The van der Waals surface area contributed by atoms with Crippen LogP contribution < -0.4 is 9.47 Å². The van der Waals surface area contributed by atoms with Gasteiger partial charge in [-0.05, 0) is 52.9 Å². The van der Waals surface area contributed by atoms with Gasteiger partial charge >= 0.3 is 0 Å². The lowest BCUT2D eigenvalue weighted by molar-refractivity contribution is 0.0784. The SMILES string of the molecule is COc1ccc(OC)c(CN(C)C(=O)c2ccc(-n3cnnn3)cc2)c1. The third-order valence-electron chi connectivity index (χ3n) is 3.97. The maximum atomic E-state index is 12.7. The lowest BCUT2D eigenvalue weighted by atomic mass is 10.1. The van der Waals surface area contributed by atoms with Gasteiger partial charge in [-0.25, -0.2) is 4.68 Å². The first kappa shape index (κ1) is 17.4. The highest BCUT2D eigenvalue weighted by molar-refractivity contribution is 5.94. The van der Waals surface area contributed by atoms with E-state index in [-0.39, 0.29) is 5.91 Å². The van der Waals surface area contributed by atoms with E-state index in [1.807, 2.05) is 18.2 Å². The third kappa shape index (κ3) is 3.64. The summed E-state index contributed by atoms with van der Waals surface area (Å²) in [6.07, 6.45) is 1.50. The minimum absolute atomic E-state index is 0.0989. The van der Waals surface area contributed by atoms with Crippen LogP contribution in [0.2, 0.25) is 0 Å². The number of hydrogen-bond donors (Lipinski definition) is 0. The van der Waals surface area contributed by atoms with Crippen molar-refractivity contribution in [3.8, 4) is 17.2 Å². The Morgan fingerprint density at radius 3 is 2.50 bits per heavy atom. The van der Waals surface area contributed by atoms with Crippen molar-refractivity contribution in [2.45, 2.75) is 6.54 Å². The van der Waals surface area contributed by atoms with E-state index in [1.54, 1.807) is 50.4 Å². The lowest BCUT2D eigenvalue weighted by Gasteiger charge is -2.19. The maximum absolute atomic E-state index is 12.7. The highest BCUT2D eigenvalue weighted by Crippen LogP contribution is 2.25. The van der Waals surface area contributed by atoms with Crippen molar-refractivity contribution >= 4 is 5.91 Å². The average molecular weight is 353 g/mol. The summed E-state index contributed by atoms with van der Waals surface area (Å²) in [5.74, 6) is 1.32. The number of rotatable bonds is 6. The van der Waals surface area contributed by atoms with Gasteiger partial charge in [0.2, 0.25) is 0 Å². The van der Waals surface area contributed by atoms with Crippen LogP contribution in [0.4, 0.5) is 0 Å². The normalized spacial score (nSPS) is 10.4. The van der Waals surface area contributed by atoms with Gasteiger partial charge in [0.05, 0.1) is 19.9 Å². The van der Waals surface area contributed by atoms with Gasteiger partial charge in [0.25, 0.3) is 5.91 Å². The highest BCUT2D eigenvalue weighted by atomic mass is 16.5. The quantitative estimate of drug-likeness (QED) is 0.674. The zero-order valence-electron chi connectivity index (χ0n) is 14.8. The Morgan fingerprint density at radius 1 is 1.12 bits per heavy atom. The van der Waals surface area contributed by atoms with Crippen molar-refractivity contribution < 1.29 is 14.3 Å². The molecule has 1 heterocycles. The van der Waals surface area contributed by atoms with Crippen LogP contribution in [-0.4, -0.2) is 52.3 Å². The number of aromatic nitrogens is 4. The van der Waals surface area contributed by atoms with Crippen molar-refractivity contribution in [3.05, 3.63) is 59.9 Å². The minimum Gasteiger partial charge on any atom is -0.497 e. The summed E-state index contributed by atoms with van der Waals surface area (Å²) < 4.78 is 12.2. The predicted octanol–water partition coefficient (Wildman–Crippen LogP) is 1.95. The number of hydrogen-bond acceptors (Lipinski definition) is 6. The van der Waals surface area contributed by atoms with E-state index in [0.717, 1.165) is 11.3 Å². The number of benzene rings is 2. The Kier molecular flexibility index (Phi) is 5.12. The molecule has 0 spiro atoms. The van der Waals surface area contributed by atoms with Gasteiger partial charge in [-0.1, -0.05) is 0 Å². The van der Waals surface area contributed by atoms with Gasteiger partial charge in [0.1, 0.15) is 17.8 Å². The molecule has 3 rings (SSSR count). The molecule has 0 unspecified atom stereocenters. The Balaban J connectivity index is 1.76. The largest absolute Gasteiger partial charge is 0.497 e. The molecule has 0 atom stereocenters. The van der Waals surface area contributed by atoms with Crippen LogP contribution in [0.25, 0.3) is 5.69 Å². The zero-order valence-corrected chi connectivity index (χ0v) is 14.8. The van der Waals surface area contributed by atoms with Crippen molar-refractivity contribution in [1.82, 2.24) is 25.1 Å². The van der Waals surface area contributed by atoms with Crippen LogP contribution in [0.3, 0.4) is 0 Å². The molecular formula is C18H19N5O3. The molecule has 0 radical (unpaired) electrons. The summed E-state index contributed by atoms with van der Waals surface area (Å²) in [7, 11) is 4.95. The number of carbonyl (C=O) groups excluding carboxylic acids is 1. The monoisotopic (exact) mass is 353 g/mol. The second kappa shape index (κ2) is 7.64. The zero-order chi connectivity index (χ0) is 18.5. The van der Waals surface area contributed by atoms with E-state index in [1.165, 1.54) is 11.0 Å². The molecule has 0 N–H and O–H groups in total. The molecule has 26 heavy (non-hydrogen) atoms. The molecule has 3 aromatic rings. The number of amides is 1. The second-order valence-electron chi connectivity index (χ2n) is 5.64. The Hall–Kier alpha value is -3.42. The standard InChI is InChI=1S/C18H19N5O3/c1-22(11-14-10-16(25-2)8-9-17(14)26-3)18(24)13-4-6-15(7-5-13)23-12-19-20-21-23/h4-10,12H,11H2,1-3H3. The van der Waals surface area contributed by atoms with Crippen LogP contribution in [0.15, 0.2) is 48.8 Å². The van der Waals surface area contributed by atoms with Crippen LogP contribution in [-0.2, 0) is 6.54 Å². The number of tetrazole rings is 1. The molecule has 0 aliphatic carbocycles. The lowest BCUT2D eigenvalue weighted by Crippen LogP contribution is -2.26. The molecule has 2 aromatic carbocycles. The van der Waals surface area contributed by atoms with Gasteiger partial charge in [-0.2, -0.15) is 0 Å². The van der Waals surface area contributed by atoms with Gasteiger partial charge < -0.3 is 14.4 Å². The highest BCUT2D eigenvalue weighted by Gasteiger charge is 2.15. The molecule has 0 saturated heterocycles. The fourth-order valence-corrected chi connectivity index (χ4v) is 2.59. The van der Waals surface area contributed by atoms with Crippen LogP contribution in [0.1, 0.15) is 15.9 Å². The summed E-state index contributed by atoms with van der Waals surface area (Å²) in [6, 6.07) is 12.6. The smallest absolute Gasteiger partial charge is 0.253 e. The van der Waals surface area contributed by atoms with E-state index in [2.05, 4.69) is 15.5 Å². The van der Waals surface area contributed by atoms with E-state index in [0.29, 0.717) is 23.6 Å². The van der Waals surface area contributed by atoms with Crippen molar-refractivity contribution in [2.24, 2.45) is 0 Å². The molecule has 1 amide bonds. The predicted molar refractivity (Wildman–Crippen MR) is 94.5 cm³/mol. The van der Waals surface area contributed by atoms with E-state index in [9.17, 15) is 4.79 Å². The first-order chi connectivity index (χ1) is 12.6. The first-order valence-corrected chi connectivity index (χ1v) is 7.92. The molecule has 8 heteroatoms. The number of ether oxygens (including phenoxy) is 2. The van der Waals surface area contributed by atoms with Gasteiger partial charge in [-0.3, -0.25) is 4.79 Å². The third-order valence-corrected chi connectivity index (χ3v) is 3.97. The second-order valence-corrected chi connectivity index (χ2v) is 5.64. The van der Waals surface area contributed by atoms with Crippen molar-refractivity contribution in [2.75, 3.05) is 21.3 Å². The molecule has 0 saturated carbocycles. The topological polar surface area (TPSA) is 82.4 Å². The molecule has 0 aliphatic rings. The Labute approximate surface area is 151 Å². The summed E-state index contributed by atoms with van der Waals surface area (Å²) in [5, 5.41) is 11.0. The average Bonchev–Trinajstić information content (AvgIpc) is 3.22. The number of methoxy groups -OCH3 is 2. The summed E-state index contributed by atoms with van der Waals surface area (Å²) in [5.41, 5.74) is 2.22. The van der Waals surface area contributed by atoms with Crippen LogP contribution in [0.5, 0.6) is 11.5 Å². The van der Waals surface area contributed by atoms with Gasteiger partial charge in [-0.15, -0.1) is 5.10 Å². The van der Waals surface area contributed by atoms with E-state index >= 15 is 0 Å². The molecule has 134 valence electrons. The molecule has 1 aromatic heterocycles. The molecule has 0 bridgehead atoms.